The third-order valence-electron chi connectivity index (χ3n) is 2.82. The molecule has 0 saturated carbocycles. The van der Waals surface area contributed by atoms with E-state index in [4.69, 9.17) is 22.1 Å². The highest BCUT2D eigenvalue weighted by atomic mass is 35.5. The van der Waals surface area contributed by atoms with Crippen molar-refractivity contribution in [3.05, 3.63) is 47.5 Å². The number of hydrogen-bond acceptors (Lipinski definition) is 3. The second kappa shape index (κ2) is 5.19. The van der Waals surface area contributed by atoms with Gasteiger partial charge in [0.15, 0.2) is 0 Å². The Labute approximate surface area is 112 Å². The maximum atomic E-state index is 6.12. The first-order valence-electron chi connectivity index (χ1n) is 5.55. The van der Waals surface area contributed by atoms with Gasteiger partial charge >= 0.3 is 0 Å². The number of benzene rings is 2. The van der Waals surface area contributed by atoms with Crippen LogP contribution in [-0.4, -0.2) is 14.2 Å². The van der Waals surface area contributed by atoms with Crippen molar-refractivity contribution in [3.63, 3.8) is 0 Å². The molecular weight excluding hydrogens is 248 g/mol. The molecule has 2 rings (SSSR count). The molecule has 0 saturated heterocycles. The largest absolute Gasteiger partial charge is 0.495 e. The molecule has 2 aromatic carbocycles. The predicted molar refractivity (Wildman–Crippen MR) is 76.9 cm³/mol. The second-order valence-electron chi connectivity index (χ2n) is 3.94. The summed E-state index contributed by atoms with van der Waals surface area (Å²) in [6.45, 7) is 0. The molecule has 0 heterocycles. The van der Waals surface area contributed by atoms with Gasteiger partial charge in [-0.1, -0.05) is 23.7 Å². The van der Waals surface area contributed by atoms with Crippen LogP contribution >= 0.6 is 11.6 Å². The lowest BCUT2D eigenvalue weighted by molar-refractivity contribution is 0.415. The number of halogens is 1. The lowest BCUT2D eigenvalue weighted by Gasteiger charge is -2.21. The SMILES string of the molecule is COc1ccc(N(C)c2ccccc2N)cc1Cl. The highest BCUT2D eigenvalue weighted by Crippen LogP contribution is 2.33. The minimum atomic E-state index is 0.580. The molecule has 3 nitrogen and oxygen atoms in total. The smallest absolute Gasteiger partial charge is 0.137 e. The molecule has 0 atom stereocenters. The fraction of sp³-hybridized carbons (Fsp3) is 0.143. The van der Waals surface area contributed by atoms with Crippen molar-refractivity contribution in [2.75, 3.05) is 24.8 Å². The lowest BCUT2D eigenvalue weighted by atomic mass is 10.2. The zero-order valence-electron chi connectivity index (χ0n) is 10.4. The zero-order valence-corrected chi connectivity index (χ0v) is 11.1. The van der Waals surface area contributed by atoms with Gasteiger partial charge in [-0.15, -0.1) is 0 Å². The van der Waals surface area contributed by atoms with Crippen LogP contribution in [0.15, 0.2) is 42.5 Å². The lowest BCUT2D eigenvalue weighted by Crippen LogP contribution is -2.11. The minimum Gasteiger partial charge on any atom is -0.495 e. The van der Waals surface area contributed by atoms with Crippen molar-refractivity contribution < 1.29 is 4.74 Å². The average molecular weight is 263 g/mol. The molecule has 0 aromatic heterocycles. The number of para-hydroxylation sites is 2. The highest BCUT2D eigenvalue weighted by Gasteiger charge is 2.09. The number of nitrogens with two attached hydrogens (primary N) is 1. The van der Waals surface area contributed by atoms with E-state index < -0.39 is 0 Å². The van der Waals surface area contributed by atoms with Crippen LogP contribution < -0.4 is 15.4 Å². The Morgan fingerprint density at radius 2 is 1.89 bits per heavy atom. The quantitative estimate of drug-likeness (QED) is 0.858. The Balaban J connectivity index is 2.37. The maximum absolute atomic E-state index is 6.12. The molecular formula is C14H15ClN2O. The van der Waals surface area contributed by atoms with Crippen LogP contribution in [0.1, 0.15) is 0 Å². The van der Waals surface area contributed by atoms with Crippen LogP contribution in [0.3, 0.4) is 0 Å². The zero-order chi connectivity index (χ0) is 13.1. The normalized spacial score (nSPS) is 10.2. The molecule has 2 aromatic rings. The molecule has 18 heavy (non-hydrogen) atoms. The van der Waals surface area contributed by atoms with E-state index in [-0.39, 0.29) is 0 Å². The average Bonchev–Trinajstić information content (AvgIpc) is 2.38. The number of nitrogens with zero attached hydrogens (tertiary/aromatic N) is 1. The molecule has 0 aliphatic heterocycles. The van der Waals surface area contributed by atoms with Crippen LogP contribution in [0.25, 0.3) is 0 Å². The molecule has 2 N–H and O–H groups in total. The Hall–Kier alpha value is -1.87. The van der Waals surface area contributed by atoms with Gasteiger partial charge < -0.3 is 15.4 Å². The van der Waals surface area contributed by atoms with Gasteiger partial charge in [0.2, 0.25) is 0 Å². The highest BCUT2D eigenvalue weighted by molar-refractivity contribution is 6.32. The topological polar surface area (TPSA) is 38.5 Å². The molecule has 4 heteroatoms. The van der Waals surface area contributed by atoms with E-state index in [1.54, 1.807) is 7.11 Å². The monoisotopic (exact) mass is 262 g/mol. The van der Waals surface area contributed by atoms with E-state index in [9.17, 15) is 0 Å². The Morgan fingerprint density at radius 1 is 1.17 bits per heavy atom. The van der Waals surface area contributed by atoms with E-state index in [2.05, 4.69) is 0 Å². The third-order valence-corrected chi connectivity index (χ3v) is 3.12. The Morgan fingerprint density at radius 3 is 2.50 bits per heavy atom. The second-order valence-corrected chi connectivity index (χ2v) is 4.34. The molecule has 0 aliphatic rings. The van der Waals surface area contributed by atoms with Crippen LogP contribution in [0, 0.1) is 0 Å². The van der Waals surface area contributed by atoms with Crippen LogP contribution in [0.4, 0.5) is 17.1 Å². The molecule has 0 unspecified atom stereocenters. The summed E-state index contributed by atoms with van der Waals surface area (Å²) < 4.78 is 5.13. The van der Waals surface area contributed by atoms with Crippen LogP contribution in [0.5, 0.6) is 5.75 Å². The summed E-state index contributed by atoms with van der Waals surface area (Å²) in [4.78, 5) is 1.99. The Kier molecular flexibility index (Phi) is 3.63. The minimum absolute atomic E-state index is 0.580. The van der Waals surface area contributed by atoms with Crippen molar-refractivity contribution in [1.29, 1.82) is 0 Å². The predicted octanol–water partition coefficient (Wildman–Crippen LogP) is 3.70. The molecule has 0 aliphatic carbocycles. The van der Waals surface area contributed by atoms with E-state index in [0.717, 1.165) is 17.1 Å². The molecule has 0 amide bonds. The summed E-state index contributed by atoms with van der Waals surface area (Å²) >= 11 is 6.12. The molecule has 0 fully saturated rings. The molecule has 0 radical (unpaired) electrons. The number of anilines is 3. The summed E-state index contributed by atoms with van der Waals surface area (Å²) in [5.41, 5.74) is 8.58. The molecule has 0 spiro atoms. The van der Waals surface area contributed by atoms with E-state index in [1.165, 1.54) is 0 Å². The van der Waals surface area contributed by atoms with Gasteiger partial charge in [-0.2, -0.15) is 0 Å². The van der Waals surface area contributed by atoms with Gasteiger partial charge in [0, 0.05) is 12.7 Å². The number of nitrogen functional groups attached to an aromatic ring is 1. The standard InChI is InChI=1S/C14H15ClN2O/c1-17(13-6-4-3-5-12(13)16)10-7-8-14(18-2)11(15)9-10/h3-9H,16H2,1-2H3. The van der Waals surface area contributed by atoms with Crippen molar-refractivity contribution >= 4 is 28.7 Å². The van der Waals surface area contributed by atoms with Crippen molar-refractivity contribution in [2.45, 2.75) is 0 Å². The Bertz CT molecular complexity index is 557. The van der Waals surface area contributed by atoms with Gasteiger partial charge in [-0.05, 0) is 30.3 Å². The van der Waals surface area contributed by atoms with Gasteiger partial charge in [-0.3, -0.25) is 0 Å². The first kappa shape index (κ1) is 12.6. The summed E-state index contributed by atoms with van der Waals surface area (Å²) in [7, 11) is 3.55. The van der Waals surface area contributed by atoms with Crippen molar-refractivity contribution in [1.82, 2.24) is 0 Å². The third kappa shape index (κ3) is 2.36. The number of rotatable bonds is 3. The van der Waals surface area contributed by atoms with Crippen molar-refractivity contribution in [3.8, 4) is 5.75 Å². The van der Waals surface area contributed by atoms with Gasteiger partial charge in [0.1, 0.15) is 5.75 Å². The summed E-state index contributed by atoms with van der Waals surface area (Å²) in [5, 5.41) is 0.580. The number of hydrogen-bond donors (Lipinski definition) is 1. The first-order chi connectivity index (χ1) is 8.63. The summed E-state index contributed by atoms with van der Waals surface area (Å²) in [5.74, 6) is 0.662. The summed E-state index contributed by atoms with van der Waals surface area (Å²) in [6.07, 6.45) is 0. The van der Waals surface area contributed by atoms with Gasteiger partial charge in [-0.25, -0.2) is 0 Å². The number of methoxy groups -OCH3 is 1. The fourth-order valence-corrected chi connectivity index (χ4v) is 2.05. The van der Waals surface area contributed by atoms with E-state index >= 15 is 0 Å². The van der Waals surface area contributed by atoms with E-state index in [0.29, 0.717) is 10.8 Å². The fourth-order valence-electron chi connectivity index (χ4n) is 1.80. The number of ether oxygens (including phenoxy) is 1. The van der Waals surface area contributed by atoms with Crippen LogP contribution in [0.2, 0.25) is 5.02 Å². The van der Waals surface area contributed by atoms with Crippen molar-refractivity contribution in [2.24, 2.45) is 0 Å². The molecule has 0 bridgehead atoms. The van der Waals surface area contributed by atoms with Gasteiger partial charge in [0.05, 0.1) is 23.5 Å². The van der Waals surface area contributed by atoms with E-state index in [1.807, 2.05) is 54.4 Å². The van der Waals surface area contributed by atoms with Gasteiger partial charge in [0.25, 0.3) is 0 Å². The van der Waals surface area contributed by atoms with Crippen LogP contribution in [-0.2, 0) is 0 Å². The summed E-state index contributed by atoms with van der Waals surface area (Å²) in [6, 6.07) is 13.3. The first-order valence-corrected chi connectivity index (χ1v) is 5.93. The maximum Gasteiger partial charge on any atom is 0.137 e. The molecule has 94 valence electrons.